The molecule has 0 saturated carbocycles. The SMILES string of the molecule is Cc1nn(CCO)c(C)c1CNC(C)c1ccc2c(c1)OCO2. The third-order valence-electron chi connectivity index (χ3n) is 4.32. The third-order valence-corrected chi connectivity index (χ3v) is 4.32. The van der Waals surface area contributed by atoms with E-state index in [-0.39, 0.29) is 12.6 Å². The van der Waals surface area contributed by atoms with Gasteiger partial charge in [-0.2, -0.15) is 5.10 Å². The molecule has 6 heteroatoms. The van der Waals surface area contributed by atoms with Crippen molar-refractivity contribution in [2.45, 2.75) is 39.9 Å². The topological polar surface area (TPSA) is 68.5 Å². The van der Waals surface area contributed by atoms with E-state index in [2.05, 4.69) is 23.4 Å². The molecule has 1 atom stereocenters. The van der Waals surface area contributed by atoms with E-state index >= 15 is 0 Å². The highest BCUT2D eigenvalue weighted by Gasteiger charge is 2.17. The largest absolute Gasteiger partial charge is 0.454 e. The zero-order valence-electron chi connectivity index (χ0n) is 13.8. The molecule has 1 unspecified atom stereocenters. The molecule has 2 aromatic rings. The number of nitrogens with one attached hydrogen (secondary N) is 1. The number of aryl methyl sites for hydroxylation is 1. The maximum absolute atomic E-state index is 9.09. The van der Waals surface area contributed by atoms with E-state index in [4.69, 9.17) is 14.6 Å². The second-order valence-electron chi connectivity index (χ2n) is 5.81. The Hall–Kier alpha value is -2.05. The molecule has 1 aromatic carbocycles. The van der Waals surface area contributed by atoms with Crippen molar-refractivity contribution >= 4 is 0 Å². The van der Waals surface area contributed by atoms with E-state index < -0.39 is 0 Å². The van der Waals surface area contributed by atoms with Crippen LogP contribution in [0.25, 0.3) is 0 Å². The Kier molecular flexibility index (Phi) is 4.54. The third kappa shape index (κ3) is 3.18. The lowest BCUT2D eigenvalue weighted by atomic mass is 10.1. The molecule has 124 valence electrons. The predicted octanol–water partition coefficient (Wildman–Crippen LogP) is 2.07. The summed E-state index contributed by atoms with van der Waals surface area (Å²) in [4.78, 5) is 0. The molecule has 0 bridgehead atoms. The summed E-state index contributed by atoms with van der Waals surface area (Å²) in [6.45, 7) is 7.83. The van der Waals surface area contributed by atoms with Crippen molar-refractivity contribution in [3.05, 3.63) is 40.7 Å². The quantitative estimate of drug-likeness (QED) is 0.854. The van der Waals surface area contributed by atoms with E-state index in [0.29, 0.717) is 13.3 Å². The van der Waals surface area contributed by atoms with Crippen molar-refractivity contribution in [2.24, 2.45) is 0 Å². The Labute approximate surface area is 136 Å². The van der Waals surface area contributed by atoms with E-state index in [9.17, 15) is 0 Å². The normalized spacial score (nSPS) is 14.3. The minimum atomic E-state index is 0.0996. The van der Waals surface area contributed by atoms with Gasteiger partial charge in [-0.25, -0.2) is 0 Å². The molecule has 0 amide bonds. The Bertz CT molecular complexity index is 697. The molecular weight excluding hydrogens is 294 g/mol. The van der Waals surface area contributed by atoms with Crippen molar-refractivity contribution in [3.63, 3.8) is 0 Å². The zero-order valence-corrected chi connectivity index (χ0v) is 13.8. The van der Waals surface area contributed by atoms with Gasteiger partial charge in [-0.3, -0.25) is 4.68 Å². The Morgan fingerprint density at radius 3 is 2.87 bits per heavy atom. The lowest BCUT2D eigenvalue weighted by Gasteiger charge is -2.15. The monoisotopic (exact) mass is 317 g/mol. The van der Waals surface area contributed by atoms with Crippen LogP contribution in [-0.2, 0) is 13.1 Å². The molecule has 0 fully saturated rings. The Morgan fingerprint density at radius 1 is 1.30 bits per heavy atom. The fourth-order valence-corrected chi connectivity index (χ4v) is 2.86. The number of ether oxygens (including phenoxy) is 2. The van der Waals surface area contributed by atoms with Crippen LogP contribution >= 0.6 is 0 Å². The van der Waals surface area contributed by atoms with Crippen LogP contribution in [0.4, 0.5) is 0 Å². The van der Waals surface area contributed by atoms with Crippen LogP contribution < -0.4 is 14.8 Å². The fourth-order valence-electron chi connectivity index (χ4n) is 2.86. The lowest BCUT2D eigenvalue weighted by molar-refractivity contribution is 0.174. The first kappa shape index (κ1) is 15.8. The van der Waals surface area contributed by atoms with Crippen molar-refractivity contribution in [2.75, 3.05) is 13.4 Å². The number of nitrogens with zero attached hydrogens (tertiary/aromatic N) is 2. The van der Waals surface area contributed by atoms with Gasteiger partial charge in [0.15, 0.2) is 11.5 Å². The molecule has 0 saturated heterocycles. The van der Waals surface area contributed by atoms with Gasteiger partial charge in [0.2, 0.25) is 6.79 Å². The first-order chi connectivity index (χ1) is 11.1. The number of aromatic nitrogens is 2. The number of aliphatic hydroxyl groups excluding tert-OH is 1. The molecule has 1 aliphatic rings. The molecule has 0 radical (unpaired) electrons. The average molecular weight is 317 g/mol. The van der Waals surface area contributed by atoms with Crippen LogP contribution in [0.5, 0.6) is 11.5 Å². The number of hydrogen-bond acceptors (Lipinski definition) is 5. The van der Waals surface area contributed by atoms with Crippen LogP contribution in [0, 0.1) is 13.8 Å². The van der Waals surface area contributed by atoms with Crippen molar-refractivity contribution < 1.29 is 14.6 Å². The van der Waals surface area contributed by atoms with Gasteiger partial charge in [-0.15, -0.1) is 0 Å². The molecule has 3 rings (SSSR count). The summed E-state index contributed by atoms with van der Waals surface area (Å²) in [6.07, 6.45) is 0. The summed E-state index contributed by atoms with van der Waals surface area (Å²) < 4.78 is 12.6. The van der Waals surface area contributed by atoms with Gasteiger partial charge in [-0.1, -0.05) is 6.07 Å². The Morgan fingerprint density at radius 2 is 2.09 bits per heavy atom. The molecule has 1 aliphatic heterocycles. The zero-order chi connectivity index (χ0) is 16.4. The minimum Gasteiger partial charge on any atom is -0.454 e. The molecule has 6 nitrogen and oxygen atoms in total. The molecule has 1 aromatic heterocycles. The number of rotatable bonds is 6. The summed E-state index contributed by atoms with van der Waals surface area (Å²) in [5.74, 6) is 1.61. The minimum absolute atomic E-state index is 0.0996. The highest BCUT2D eigenvalue weighted by atomic mass is 16.7. The smallest absolute Gasteiger partial charge is 0.231 e. The van der Waals surface area contributed by atoms with Crippen molar-refractivity contribution in [3.8, 4) is 11.5 Å². The van der Waals surface area contributed by atoms with E-state index in [0.717, 1.165) is 35.0 Å². The van der Waals surface area contributed by atoms with Gasteiger partial charge < -0.3 is 19.9 Å². The number of aliphatic hydroxyl groups is 1. The molecule has 23 heavy (non-hydrogen) atoms. The van der Waals surface area contributed by atoms with E-state index in [1.54, 1.807) is 0 Å². The highest BCUT2D eigenvalue weighted by Crippen LogP contribution is 2.34. The van der Waals surface area contributed by atoms with Crippen molar-refractivity contribution in [1.82, 2.24) is 15.1 Å². The van der Waals surface area contributed by atoms with Crippen LogP contribution in [0.3, 0.4) is 0 Å². The first-order valence-corrected chi connectivity index (χ1v) is 7.87. The summed E-state index contributed by atoms with van der Waals surface area (Å²) in [7, 11) is 0. The molecule has 0 spiro atoms. The summed E-state index contributed by atoms with van der Waals surface area (Å²) in [5, 5.41) is 17.1. The summed E-state index contributed by atoms with van der Waals surface area (Å²) in [6, 6.07) is 6.21. The standard InChI is InChI=1S/C17H23N3O3/c1-11(14-4-5-16-17(8-14)23-10-22-16)18-9-15-12(2)19-20(6-7-21)13(15)3/h4-5,8,11,18,21H,6-7,9-10H2,1-3H3. The number of benzene rings is 1. The average Bonchev–Trinajstić information content (AvgIpc) is 3.10. The summed E-state index contributed by atoms with van der Waals surface area (Å²) in [5.41, 5.74) is 4.45. The fraction of sp³-hybridized carbons (Fsp3) is 0.471. The highest BCUT2D eigenvalue weighted by molar-refractivity contribution is 5.45. The maximum atomic E-state index is 9.09. The lowest BCUT2D eigenvalue weighted by Crippen LogP contribution is -2.19. The Balaban J connectivity index is 1.68. The molecule has 0 aliphatic carbocycles. The van der Waals surface area contributed by atoms with Gasteiger partial charge in [0.05, 0.1) is 18.8 Å². The van der Waals surface area contributed by atoms with Crippen LogP contribution in [0.15, 0.2) is 18.2 Å². The van der Waals surface area contributed by atoms with E-state index in [1.165, 1.54) is 5.56 Å². The van der Waals surface area contributed by atoms with Crippen molar-refractivity contribution in [1.29, 1.82) is 0 Å². The predicted molar refractivity (Wildman–Crippen MR) is 86.6 cm³/mol. The number of fused-ring (bicyclic) bond motifs is 1. The van der Waals surface area contributed by atoms with Gasteiger partial charge in [-0.05, 0) is 38.5 Å². The molecular formula is C17H23N3O3. The van der Waals surface area contributed by atoms with Gasteiger partial charge in [0.1, 0.15) is 0 Å². The van der Waals surface area contributed by atoms with E-state index in [1.807, 2.05) is 30.7 Å². The van der Waals surface area contributed by atoms with Crippen LogP contribution in [0.2, 0.25) is 0 Å². The molecule has 2 heterocycles. The van der Waals surface area contributed by atoms with Gasteiger partial charge in [0, 0.05) is 23.8 Å². The van der Waals surface area contributed by atoms with Crippen LogP contribution in [0.1, 0.15) is 35.5 Å². The first-order valence-electron chi connectivity index (χ1n) is 7.87. The molecule has 2 N–H and O–H groups in total. The number of hydrogen-bond donors (Lipinski definition) is 2. The maximum Gasteiger partial charge on any atom is 0.231 e. The second kappa shape index (κ2) is 6.60. The summed E-state index contributed by atoms with van der Waals surface area (Å²) >= 11 is 0. The van der Waals surface area contributed by atoms with Crippen LogP contribution in [-0.4, -0.2) is 28.3 Å². The second-order valence-corrected chi connectivity index (χ2v) is 5.81. The van der Waals surface area contributed by atoms with Gasteiger partial charge >= 0.3 is 0 Å². The van der Waals surface area contributed by atoms with Gasteiger partial charge in [0.25, 0.3) is 0 Å².